The predicted octanol–water partition coefficient (Wildman–Crippen LogP) is 3.39. The minimum atomic E-state index is 0.115. The highest BCUT2D eigenvalue weighted by Gasteiger charge is 2.07. The second-order valence-corrected chi connectivity index (χ2v) is 5.50. The first-order valence-corrected chi connectivity index (χ1v) is 8.10. The van der Waals surface area contributed by atoms with Crippen molar-refractivity contribution >= 4 is 17.5 Å². The molecule has 128 valence electrons. The Morgan fingerprint density at radius 1 is 0.920 bits per heavy atom. The van der Waals surface area contributed by atoms with Crippen LogP contribution in [0.15, 0.2) is 60.7 Å². The van der Waals surface area contributed by atoms with Crippen LogP contribution in [-0.4, -0.2) is 33.3 Å². The first kappa shape index (κ1) is 16.7. The Morgan fingerprint density at radius 3 is 2.40 bits per heavy atom. The van der Waals surface area contributed by atoms with E-state index in [1.807, 2.05) is 36.4 Å². The summed E-state index contributed by atoms with van der Waals surface area (Å²) in [5.74, 6) is 1.35. The molecule has 3 rings (SSSR count). The molecular formula is C19H20N4O2. The van der Waals surface area contributed by atoms with Crippen LogP contribution in [0.2, 0.25) is 0 Å². The first-order chi connectivity index (χ1) is 12.2. The molecule has 4 N–H and O–H groups in total. The predicted molar refractivity (Wildman–Crippen MR) is 99.1 cm³/mol. The summed E-state index contributed by atoms with van der Waals surface area (Å²) in [6, 6.07) is 18.5. The minimum absolute atomic E-state index is 0.115. The maximum absolute atomic E-state index is 9.40. The molecule has 0 radical (unpaired) electrons. The Bertz CT molecular complexity index is 807. The second kappa shape index (κ2) is 8.12. The summed E-state index contributed by atoms with van der Waals surface area (Å²) in [5, 5.41) is 24.7. The number of phenolic OH excluding ortho intramolecular Hbond substituents is 1. The molecule has 1 heterocycles. The first-order valence-electron chi connectivity index (χ1n) is 8.10. The van der Waals surface area contributed by atoms with Crippen molar-refractivity contribution in [2.75, 3.05) is 23.8 Å². The lowest BCUT2D eigenvalue weighted by atomic mass is 10.1. The molecular weight excluding hydrogens is 316 g/mol. The maximum atomic E-state index is 9.40. The van der Waals surface area contributed by atoms with E-state index in [1.165, 1.54) is 0 Å². The summed E-state index contributed by atoms with van der Waals surface area (Å²) in [6.45, 7) is 0.706. The molecule has 0 aliphatic rings. The molecule has 2 aromatic carbocycles. The van der Waals surface area contributed by atoms with E-state index in [9.17, 15) is 5.11 Å². The number of benzene rings is 2. The van der Waals surface area contributed by atoms with Crippen molar-refractivity contribution in [3.8, 4) is 17.0 Å². The van der Waals surface area contributed by atoms with Gasteiger partial charge in [0.15, 0.2) is 0 Å². The SMILES string of the molecule is OCCCNc1nc(Nc2ccc(O)cc2)cc(-c2ccccc2)n1. The van der Waals surface area contributed by atoms with Crippen molar-refractivity contribution in [2.45, 2.75) is 6.42 Å². The quantitative estimate of drug-likeness (QED) is 0.391. The average Bonchev–Trinajstić information content (AvgIpc) is 2.64. The summed E-state index contributed by atoms with van der Waals surface area (Å²) < 4.78 is 0. The topological polar surface area (TPSA) is 90.3 Å². The van der Waals surface area contributed by atoms with E-state index < -0.39 is 0 Å². The molecule has 0 saturated carbocycles. The number of aromatic hydroxyl groups is 1. The monoisotopic (exact) mass is 336 g/mol. The molecule has 0 aliphatic heterocycles. The Morgan fingerprint density at radius 2 is 1.68 bits per heavy atom. The van der Waals surface area contributed by atoms with Crippen molar-refractivity contribution in [2.24, 2.45) is 0 Å². The van der Waals surface area contributed by atoms with E-state index in [0.717, 1.165) is 16.9 Å². The van der Waals surface area contributed by atoms with Gasteiger partial charge in [-0.2, -0.15) is 4.98 Å². The molecule has 0 aliphatic carbocycles. The van der Waals surface area contributed by atoms with Crippen LogP contribution < -0.4 is 10.6 Å². The molecule has 25 heavy (non-hydrogen) atoms. The Kier molecular flexibility index (Phi) is 5.43. The number of aliphatic hydroxyl groups excluding tert-OH is 1. The van der Waals surface area contributed by atoms with Gasteiger partial charge in [-0.1, -0.05) is 30.3 Å². The number of nitrogens with zero attached hydrogens (tertiary/aromatic N) is 2. The molecule has 0 unspecified atom stereocenters. The van der Waals surface area contributed by atoms with E-state index in [0.29, 0.717) is 24.7 Å². The largest absolute Gasteiger partial charge is 0.508 e. The fraction of sp³-hybridized carbons (Fsp3) is 0.158. The fourth-order valence-electron chi connectivity index (χ4n) is 2.32. The van der Waals surface area contributed by atoms with Gasteiger partial charge in [0.1, 0.15) is 11.6 Å². The zero-order valence-electron chi connectivity index (χ0n) is 13.7. The summed E-state index contributed by atoms with van der Waals surface area (Å²) >= 11 is 0. The number of nitrogens with one attached hydrogen (secondary N) is 2. The lowest BCUT2D eigenvalue weighted by Gasteiger charge is -2.11. The van der Waals surface area contributed by atoms with Gasteiger partial charge in [-0.25, -0.2) is 4.98 Å². The van der Waals surface area contributed by atoms with Crippen molar-refractivity contribution in [1.29, 1.82) is 0 Å². The third-order valence-electron chi connectivity index (χ3n) is 3.55. The Balaban J connectivity index is 1.89. The van der Waals surface area contributed by atoms with Crippen LogP contribution in [0, 0.1) is 0 Å². The standard InChI is InChI=1S/C19H20N4O2/c24-12-4-11-20-19-22-17(14-5-2-1-3-6-14)13-18(23-19)21-15-7-9-16(25)10-8-15/h1-3,5-10,13,24-25H,4,11-12H2,(H2,20,21,22,23). The van der Waals surface area contributed by atoms with E-state index in [2.05, 4.69) is 20.6 Å². The lowest BCUT2D eigenvalue weighted by molar-refractivity contribution is 0.292. The van der Waals surface area contributed by atoms with E-state index in [1.54, 1.807) is 24.3 Å². The van der Waals surface area contributed by atoms with Crippen molar-refractivity contribution in [3.63, 3.8) is 0 Å². The van der Waals surface area contributed by atoms with Gasteiger partial charge in [-0.05, 0) is 30.7 Å². The molecule has 6 nitrogen and oxygen atoms in total. The van der Waals surface area contributed by atoms with Gasteiger partial charge in [0.25, 0.3) is 0 Å². The molecule has 0 saturated heterocycles. The van der Waals surface area contributed by atoms with Gasteiger partial charge < -0.3 is 20.8 Å². The van der Waals surface area contributed by atoms with Gasteiger partial charge in [-0.3, -0.25) is 0 Å². The van der Waals surface area contributed by atoms with Crippen LogP contribution >= 0.6 is 0 Å². The van der Waals surface area contributed by atoms with Crippen LogP contribution in [0.4, 0.5) is 17.5 Å². The van der Waals surface area contributed by atoms with Gasteiger partial charge >= 0.3 is 0 Å². The van der Waals surface area contributed by atoms with Gasteiger partial charge in [-0.15, -0.1) is 0 Å². The molecule has 0 atom stereocenters. The molecule has 0 bridgehead atoms. The van der Waals surface area contributed by atoms with Crippen LogP contribution in [0.5, 0.6) is 5.75 Å². The highest BCUT2D eigenvalue weighted by Crippen LogP contribution is 2.24. The number of phenols is 1. The molecule has 6 heteroatoms. The van der Waals surface area contributed by atoms with Crippen molar-refractivity contribution in [3.05, 3.63) is 60.7 Å². The van der Waals surface area contributed by atoms with Crippen LogP contribution in [0.25, 0.3) is 11.3 Å². The smallest absolute Gasteiger partial charge is 0.225 e. The Hall–Kier alpha value is -3.12. The summed E-state index contributed by atoms with van der Waals surface area (Å²) in [4.78, 5) is 9.02. The van der Waals surface area contributed by atoms with Crippen LogP contribution in [0.1, 0.15) is 6.42 Å². The van der Waals surface area contributed by atoms with Crippen LogP contribution in [-0.2, 0) is 0 Å². The normalized spacial score (nSPS) is 10.4. The van der Waals surface area contributed by atoms with Gasteiger partial charge in [0.2, 0.25) is 5.95 Å². The number of aromatic nitrogens is 2. The lowest BCUT2D eigenvalue weighted by Crippen LogP contribution is -2.08. The molecule has 1 aromatic heterocycles. The number of hydrogen-bond donors (Lipinski definition) is 4. The minimum Gasteiger partial charge on any atom is -0.508 e. The van der Waals surface area contributed by atoms with E-state index in [-0.39, 0.29) is 12.4 Å². The Labute approximate surface area is 146 Å². The average molecular weight is 336 g/mol. The fourth-order valence-corrected chi connectivity index (χ4v) is 2.32. The van der Waals surface area contributed by atoms with Crippen LogP contribution in [0.3, 0.4) is 0 Å². The summed E-state index contributed by atoms with van der Waals surface area (Å²) in [7, 11) is 0. The van der Waals surface area contributed by atoms with Crippen molar-refractivity contribution in [1.82, 2.24) is 9.97 Å². The summed E-state index contributed by atoms with van der Waals surface area (Å²) in [6.07, 6.45) is 0.625. The zero-order valence-corrected chi connectivity index (χ0v) is 13.7. The second-order valence-electron chi connectivity index (χ2n) is 5.50. The number of rotatable bonds is 7. The third kappa shape index (κ3) is 4.68. The summed E-state index contributed by atoms with van der Waals surface area (Å²) in [5.41, 5.74) is 2.60. The molecule has 0 amide bonds. The van der Waals surface area contributed by atoms with Gasteiger partial charge in [0.05, 0.1) is 5.69 Å². The molecule has 0 fully saturated rings. The molecule has 0 spiro atoms. The number of anilines is 3. The third-order valence-corrected chi connectivity index (χ3v) is 3.55. The highest BCUT2D eigenvalue weighted by molar-refractivity contribution is 5.67. The van der Waals surface area contributed by atoms with E-state index in [4.69, 9.17) is 5.11 Å². The highest BCUT2D eigenvalue weighted by atomic mass is 16.3. The maximum Gasteiger partial charge on any atom is 0.225 e. The number of hydrogen-bond acceptors (Lipinski definition) is 6. The van der Waals surface area contributed by atoms with Crippen molar-refractivity contribution < 1.29 is 10.2 Å². The zero-order chi connectivity index (χ0) is 17.5. The molecule has 3 aromatic rings. The number of aliphatic hydroxyl groups is 1. The van der Waals surface area contributed by atoms with E-state index >= 15 is 0 Å². The van der Waals surface area contributed by atoms with Gasteiger partial charge in [0, 0.05) is 30.5 Å².